The fourth-order valence-corrected chi connectivity index (χ4v) is 3.76. The first kappa shape index (κ1) is 23.4. The predicted octanol–water partition coefficient (Wildman–Crippen LogP) is 3.61. The monoisotopic (exact) mass is 473 g/mol. The number of benzene rings is 1. The van der Waals surface area contributed by atoms with Crippen molar-refractivity contribution in [2.24, 2.45) is 0 Å². The van der Waals surface area contributed by atoms with Crippen LogP contribution in [-0.2, 0) is 17.5 Å². The molecule has 1 saturated heterocycles. The Morgan fingerprint density at radius 2 is 1.88 bits per heavy atom. The number of rotatable bonds is 6. The van der Waals surface area contributed by atoms with Crippen molar-refractivity contribution in [1.82, 2.24) is 14.8 Å². The summed E-state index contributed by atoms with van der Waals surface area (Å²) in [4.78, 5) is 22.3. The Bertz CT molecular complexity index is 1160. The molecule has 1 aliphatic rings. The summed E-state index contributed by atoms with van der Waals surface area (Å²) in [5.41, 5.74) is 0.146. The van der Waals surface area contributed by atoms with Crippen molar-refractivity contribution in [3.05, 3.63) is 59.5 Å². The summed E-state index contributed by atoms with van der Waals surface area (Å²) in [7, 11) is 1.75. The van der Waals surface area contributed by atoms with Gasteiger partial charge in [0.1, 0.15) is 6.07 Å². The molecule has 1 aliphatic heterocycles. The Balaban J connectivity index is 1.30. The highest BCUT2D eigenvalue weighted by molar-refractivity contribution is 5.78. The van der Waals surface area contributed by atoms with Crippen LogP contribution in [0.25, 0.3) is 11.7 Å². The van der Waals surface area contributed by atoms with E-state index in [2.05, 4.69) is 4.98 Å². The van der Waals surface area contributed by atoms with Crippen molar-refractivity contribution >= 4 is 11.8 Å². The third kappa shape index (κ3) is 5.23. The highest BCUT2D eigenvalue weighted by Crippen LogP contribution is 2.30. The number of alkyl halides is 3. The minimum absolute atomic E-state index is 0.0802. The van der Waals surface area contributed by atoms with Crippen LogP contribution in [0.4, 0.5) is 19.1 Å². The molecule has 0 atom stereocenters. The topological polar surface area (TPSA) is 89.8 Å². The molecule has 0 spiro atoms. The van der Waals surface area contributed by atoms with Crippen molar-refractivity contribution in [3.63, 3.8) is 0 Å². The zero-order valence-electron chi connectivity index (χ0n) is 18.4. The summed E-state index contributed by atoms with van der Waals surface area (Å²) in [5.74, 6) is 0.913. The van der Waals surface area contributed by atoms with Gasteiger partial charge in [-0.15, -0.1) is 0 Å². The Kier molecular flexibility index (Phi) is 6.61. The standard InChI is InChI=1S/C23H22F3N5O3/c1-29(14-16-4-6-17(7-5-16)23(24,25)26)15-20(32)30-8-10-31(11-9-30)22-18(13-27)28-21(34-22)19-3-2-12-33-19/h2-7,12H,8-11,14-15H2,1H3. The van der Waals surface area contributed by atoms with Crippen LogP contribution >= 0.6 is 0 Å². The SMILES string of the molecule is CN(CC(=O)N1CCN(c2oc(-c3ccco3)nc2C#N)CC1)Cc1ccc(C(F)(F)F)cc1. The van der Waals surface area contributed by atoms with Crippen molar-refractivity contribution in [2.75, 3.05) is 44.7 Å². The molecule has 8 nitrogen and oxygen atoms in total. The molecule has 34 heavy (non-hydrogen) atoms. The van der Waals surface area contributed by atoms with Crippen LogP contribution in [-0.4, -0.2) is 60.5 Å². The number of amides is 1. The first-order chi connectivity index (χ1) is 16.2. The molecule has 11 heteroatoms. The fourth-order valence-electron chi connectivity index (χ4n) is 3.76. The zero-order chi connectivity index (χ0) is 24.3. The summed E-state index contributed by atoms with van der Waals surface area (Å²) in [6, 6.07) is 10.3. The van der Waals surface area contributed by atoms with Crippen LogP contribution in [0.3, 0.4) is 0 Å². The van der Waals surface area contributed by atoms with E-state index >= 15 is 0 Å². The molecule has 0 saturated carbocycles. The van der Waals surface area contributed by atoms with Gasteiger partial charge in [0, 0.05) is 32.7 Å². The lowest BCUT2D eigenvalue weighted by atomic mass is 10.1. The van der Waals surface area contributed by atoms with Crippen molar-refractivity contribution in [2.45, 2.75) is 12.7 Å². The van der Waals surface area contributed by atoms with Crippen LogP contribution in [0.5, 0.6) is 0 Å². The average Bonchev–Trinajstić information content (AvgIpc) is 3.49. The van der Waals surface area contributed by atoms with Gasteiger partial charge in [0.15, 0.2) is 5.76 Å². The van der Waals surface area contributed by atoms with E-state index in [0.717, 1.165) is 12.1 Å². The molecule has 1 aromatic carbocycles. The summed E-state index contributed by atoms with van der Waals surface area (Å²) < 4.78 is 49.2. The van der Waals surface area contributed by atoms with Gasteiger partial charge < -0.3 is 18.6 Å². The quantitative estimate of drug-likeness (QED) is 0.540. The van der Waals surface area contributed by atoms with E-state index in [1.165, 1.54) is 18.4 Å². The Morgan fingerprint density at radius 3 is 2.47 bits per heavy atom. The summed E-state index contributed by atoms with van der Waals surface area (Å²) in [6.07, 6.45) is -2.88. The van der Waals surface area contributed by atoms with E-state index in [4.69, 9.17) is 8.83 Å². The van der Waals surface area contributed by atoms with Crippen LogP contribution in [0.2, 0.25) is 0 Å². The molecular weight excluding hydrogens is 451 g/mol. The Morgan fingerprint density at radius 1 is 1.18 bits per heavy atom. The highest BCUT2D eigenvalue weighted by Gasteiger charge is 2.30. The molecule has 178 valence electrons. The number of furan rings is 1. The Labute approximate surface area is 193 Å². The first-order valence-electron chi connectivity index (χ1n) is 10.6. The number of nitriles is 1. The van der Waals surface area contributed by atoms with Crippen LogP contribution in [0.1, 0.15) is 16.8 Å². The maximum atomic E-state index is 12.7. The number of piperazine rings is 1. The van der Waals surface area contributed by atoms with Gasteiger partial charge in [-0.05, 0) is 36.9 Å². The third-order valence-electron chi connectivity index (χ3n) is 5.51. The van der Waals surface area contributed by atoms with E-state index < -0.39 is 11.7 Å². The van der Waals surface area contributed by atoms with Gasteiger partial charge in [-0.2, -0.15) is 23.4 Å². The number of likely N-dealkylation sites (N-methyl/N-ethyl adjacent to an activating group) is 1. The largest absolute Gasteiger partial charge is 0.459 e. The van der Waals surface area contributed by atoms with Crippen molar-refractivity contribution in [1.29, 1.82) is 5.26 Å². The van der Waals surface area contributed by atoms with Crippen molar-refractivity contribution < 1.29 is 26.8 Å². The molecule has 0 aliphatic carbocycles. The lowest BCUT2D eigenvalue weighted by Gasteiger charge is -2.35. The van der Waals surface area contributed by atoms with Gasteiger partial charge >= 0.3 is 6.18 Å². The number of carbonyl (C=O) groups excluding carboxylic acids is 1. The lowest BCUT2D eigenvalue weighted by Crippen LogP contribution is -2.51. The third-order valence-corrected chi connectivity index (χ3v) is 5.51. The van der Waals surface area contributed by atoms with Gasteiger partial charge in [-0.3, -0.25) is 9.69 Å². The molecule has 0 unspecified atom stereocenters. The number of carbonyl (C=O) groups is 1. The average molecular weight is 473 g/mol. The maximum absolute atomic E-state index is 12.7. The van der Waals surface area contributed by atoms with Gasteiger partial charge in [-0.1, -0.05) is 12.1 Å². The second-order valence-corrected chi connectivity index (χ2v) is 8.00. The zero-order valence-corrected chi connectivity index (χ0v) is 18.4. The number of hydrogen-bond donors (Lipinski definition) is 0. The van der Waals surface area contributed by atoms with Crippen LogP contribution in [0, 0.1) is 11.3 Å². The minimum Gasteiger partial charge on any atom is -0.459 e. The minimum atomic E-state index is -4.37. The number of halogens is 3. The molecule has 3 heterocycles. The second-order valence-electron chi connectivity index (χ2n) is 8.00. The lowest BCUT2D eigenvalue weighted by molar-refractivity contribution is -0.137. The molecule has 1 fully saturated rings. The maximum Gasteiger partial charge on any atom is 0.416 e. The van der Waals surface area contributed by atoms with Gasteiger partial charge in [0.05, 0.1) is 18.4 Å². The van der Waals surface area contributed by atoms with E-state index in [9.17, 15) is 23.2 Å². The number of hydrogen-bond acceptors (Lipinski definition) is 7. The molecule has 1 amide bonds. The number of nitrogens with zero attached hydrogens (tertiary/aromatic N) is 5. The normalized spacial score (nSPS) is 14.5. The van der Waals surface area contributed by atoms with Crippen LogP contribution in [0.15, 0.2) is 51.5 Å². The van der Waals surface area contributed by atoms with Gasteiger partial charge in [0.25, 0.3) is 5.89 Å². The van der Waals surface area contributed by atoms with E-state index in [1.54, 1.807) is 29.0 Å². The molecule has 3 aromatic rings. The molecule has 0 radical (unpaired) electrons. The summed E-state index contributed by atoms with van der Waals surface area (Å²) in [6.45, 7) is 2.30. The number of anilines is 1. The molecular formula is C23H22F3N5O3. The van der Waals surface area contributed by atoms with Gasteiger partial charge in [0.2, 0.25) is 17.5 Å². The molecule has 2 aromatic heterocycles. The second kappa shape index (κ2) is 9.61. The number of aromatic nitrogens is 1. The predicted molar refractivity (Wildman–Crippen MR) is 115 cm³/mol. The van der Waals surface area contributed by atoms with E-state index in [-0.39, 0.29) is 24.0 Å². The molecule has 0 N–H and O–H groups in total. The van der Waals surface area contributed by atoms with Crippen molar-refractivity contribution in [3.8, 4) is 17.7 Å². The highest BCUT2D eigenvalue weighted by atomic mass is 19.4. The smallest absolute Gasteiger partial charge is 0.416 e. The molecule has 0 bridgehead atoms. The van der Waals surface area contributed by atoms with Gasteiger partial charge in [-0.25, -0.2) is 0 Å². The number of oxazole rings is 1. The van der Waals surface area contributed by atoms with Crippen LogP contribution < -0.4 is 4.90 Å². The van der Waals surface area contributed by atoms with E-state index in [1.807, 2.05) is 11.0 Å². The Hall–Kier alpha value is -3.78. The first-order valence-corrected chi connectivity index (χ1v) is 10.6. The fraction of sp³-hybridized carbons (Fsp3) is 0.348. The molecule has 4 rings (SSSR count). The summed E-state index contributed by atoms with van der Waals surface area (Å²) >= 11 is 0. The summed E-state index contributed by atoms with van der Waals surface area (Å²) in [5, 5.41) is 9.42. The van der Waals surface area contributed by atoms with E-state index in [0.29, 0.717) is 49.9 Å².